The SMILES string of the molecule is CCCCC(CN)NC(=O)CCCN1C(=O)NC(C)(C)C1=O.Cl. The molecule has 1 atom stereocenters. The molecule has 4 N–H and O–H groups in total. The highest BCUT2D eigenvalue weighted by Gasteiger charge is 2.43. The van der Waals surface area contributed by atoms with Gasteiger partial charge in [-0.1, -0.05) is 19.8 Å². The average molecular weight is 349 g/mol. The van der Waals surface area contributed by atoms with E-state index in [1.165, 1.54) is 4.90 Å². The van der Waals surface area contributed by atoms with Crippen LogP contribution < -0.4 is 16.4 Å². The van der Waals surface area contributed by atoms with Gasteiger partial charge < -0.3 is 16.4 Å². The quantitative estimate of drug-likeness (QED) is 0.543. The zero-order valence-electron chi connectivity index (χ0n) is 14.2. The fourth-order valence-corrected chi connectivity index (χ4v) is 2.42. The Balaban J connectivity index is 0.00000484. The summed E-state index contributed by atoms with van der Waals surface area (Å²) in [6.07, 6.45) is 3.69. The normalized spacial score (nSPS) is 17.5. The number of nitrogens with one attached hydrogen (secondary N) is 2. The van der Waals surface area contributed by atoms with Crippen molar-refractivity contribution >= 4 is 30.3 Å². The summed E-state index contributed by atoms with van der Waals surface area (Å²) in [6, 6.07) is -0.388. The van der Waals surface area contributed by atoms with E-state index in [1.807, 2.05) is 0 Å². The molecule has 0 aliphatic carbocycles. The van der Waals surface area contributed by atoms with E-state index in [1.54, 1.807) is 13.8 Å². The Morgan fingerprint density at radius 2 is 2.00 bits per heavy atom. The topological polar surface area (TPSA) is 105 Å². The third kappa shape index (κ3) is 6.35. The van der Waals surface area contributed by atoms with Crippen molar-refractivity contribution in [3.63, 3.8) is 0 Å². The Morgan fingerprint density at radius 1 is 1.35 bits per heavy atom. The van der Waals surface area contributed by atoms with Crippen molar-refractivity contribution in [2.75, 3.05) is 13.1 Å². The van der Waals surface area contributed by atoms with Crippen LogP contribution in [-0.2, 0) is 9.59 Å². The van der Waals surface area contributed by atoms with Gasteiger partial charge in [-0.05, 0) is 26.7 Å². The minimum Gasteiger partial charge on any atom is -0.352 e. The maximum absolute atomic E-state index is 12.0. The molecule has 8 heteroatoms. The molecule has 1 unspecified atom stereocenters. The lowest BCUT2D eigenvalue weighted by Gasteiger charge is -2.18. The second-order valence-corrected chi connectivity index (χ2v) is 6.26. The molecule has 4 amide bonds. The van der Waals surface area contributed by atoms with E-state index in [9.17, 15) is 14.4 Å². The van der Waals surface area contributed by atoms with E-state index in [0.717, 1.165) is 19.3 Å². The maximum Gasteiger partial charge on any atom is 0.325 e. The second-order valence-electron chi connectivity index (χ2n) is 6.26. The predicted molar refractivity (Wildman–Crippen MR) is 91.3 cm³/mol. The molecule has 1 rings (SSSR count). The van der Waals surface area contributed by atoms with Crippen molar-refractivity contribution in [1.29, 1.82) is 0 Å². The van der Waals surface area contributed by atoms with Crippen molar-refractivity contribution in [2.45, 2.75) is 64.5 Å². The van der Waals surface area contributed by atoms with E-state index in [0.29, 0.717) is 13.0 Å². The second kappa shape index (κ2) is 9.72. The molecule has 1 aliphatic rings. The van der Waals surface area contributed by atoms with Crippen LogP contribution in [0, 0.1) is 0 Å². The van der Waals surface area contributed by atoms with Gasteiger partial charge >= 0.3 is 6.03 Å². The first-order valence-corrected chi connectivity index (χ1v) is 7.95. The number of carbonyl (C=O) groups is 3. The number of unbranched alkanes of at least 4 members (excludes halogenated alkanes) is 1. The largest absolute Gasteiger partial charge is 0.352 e. The number of urea groups is 1. The summed E-state index contributed by atoms with van der Waals surface area (Å²) >= 11 is 0. The summed E-state index contributed by atoms with van der Waals surface area (Å²) in [7, 11) is 0. The van der Waals surface area contributed by atoms with Crippen LogP contribution in [-0.4, -0.2) is 47.4 Å². The van der Waals surface area contributed by atoms with Gasteiger partial charge in [0.15, 0.2) is 0 Å². The first-order valence-electron chi connectivity index (χ1n) is 7.95. The molecular formula is C15H29ClN4O3. The van der Waals surface area contributed by atoms with Crippen molar-refractivity contribution in [3.8, 4) is 0 Å². The number of halogens is 1. The average Bonchev–Trinajstić information content (AvgIpc) is 2.65. The highest BCUT2D eigenvalue weighted by Crippen LogP contribution is 2.16. The Bertz CT molecular complexity index is 429. The standard InChI is InChI=1S/C15H28N4O3.ClH/c1-4-5-7-11(10-16)17-12(20)8-6-9-19-13(21)15(2,3)18-14(19)22;/h11H,4-10,16H2,1-3H3,(H,17,20)(H,18,22);1H. The van der Waals surface area contributed by atoms with Crippen LogP contribution in [0.4, 0.5) is 4.79 Å². The van der Waals surface area contributed by atoms with Crippen LogP contribution in [0.15, 0.2) is 0 Å². The Kier molecular flexibility index (Phi) is 9.16. The van der Waals surface area contributed by atoms with Gasteiger partial charge in [-0.25, -0.2) is 4.79 Å². The monoisotopic (exact) mass is 348 g/mol. The molecule has 134 valence electrons. The number of amides is 4. The van der Waals surface area contributed by atoms with Crippen LogP contribution >= 0.6 is 12.4 Å². The fraction of sp³-hybridized carbons (Fsp3) is 0.800. The zero-order valence-corrected chi connectivity index (χ0v) is 15.0. The van der Waals surface area contributed by atoms with Crippen LogP contribution in [0.25, 0.3) is 0 Å². The van der Waals surface area contributed by atoms with Crippen LogP contribution in [0.2, 0.25) is 0 Å². The molecule has 0 saturated carbocycles. The molecule has 23 heavy (non-hydrogen) atoms. The summed E-state index contributed by atoms with van der Waals surface area (Å²) in [5, 5.41) is 5.51. The summed E-state index contributed by atoms with van der Waals surface area (Å²) in [6.45, 7) is 6.10. The van der Waals surface area contributed by atoms with Gasteiger partial charge in [-0.3, -0.25) is 14.5 Å². The Hall–Kier alpha value is -1.34. The minimum atomic E-state index is -0.857. The lowest BCUT2D eigenvalue weighted by Crippen LogP contribution is -2.41. The molecule has 0 spiro atoms. The maximum atomic E-state index is 12.0. The summed E-state index contributed by atoms with van der Waals surface area (Å²) in [5.74, 6) is -0.335. The molecule has 1 fully saturated rings. The highest BCUT2D eigenvalue weighted by molar-refractivity contribution is 6.06. The van der Waals surface area contributed by atoms with Gasteiger partial charge in [0.1, 0.15) is 5.54 Å². The van der Waals surface area contributed by atoms with Gasteiger partial charge in [-0.2, -0.15) is 0 Å². The number of imide groups is 1. The number of carbonyl (C=O) groups excluding carboxylic acids is 3. The van der Waals surface area contributed by atoms with Crippen molar-refractivity contribution < 1.29 is 14.4 Å². The summed E-state index contributed by atoms with van der Waals surface area (Å²) in [4.78, 5) is 36.7. The van der Waals surface area contributed by atoms with Gasteiger partial charge in [-0.15, -0.1) is 12.4 Å². The van der Waals surface area contributed by atoms with E-state index in [2.05, 4.69) is 17.6 Å². The molecule has 0 bridgehead atoms. The van der Waals surface area contributed by atoms with Crippen LogP contribution in [0.5, 0.6) is 0 Å². The lowest BCUT2D eigenvalue weighted by atomic mass is 10.1. The predicted octanol–water partition coefficient (Wildman–Crippen LogP) is 1.15. The summed E-state index contributed by atoms with van der Waals surface area (Å²) < 4.78 is 0. The smallest absolute Gasteiger partial charge is 0.325 e. The minimum absolute atomic E-state index is 0. The number of rotatable bonds is 9. The molecular weight excluding hydrogens is 320 g/mol. The molecule has 7 nitrogen and oxygen atoms in total. The van der Waals surface area contributed by atoms with Gasteiger partial charge in [0.05, 0.1) is 0 Å². The van der Waals surface area contributed by atoms with Crippen LogP contribution in [0.1, 0.15) is 52.9 Å². The molecule has 0 aromatic carbocycles. The Labute approximate surface area is 144 Å². The van der Waals surface area contributed by atoms with Gasteiger partial charge in [0.2, 0.25) is 5.91 Å². The van der Waals surface area contributed by atoms with Crippen LogP contribution in [0.3, 0.4) is 0 Å². The van der Waals surface area contributed by atoms with Gasteiger partial charge in [0.25, 0.3) is 5.91 Å². The molecule has 1 aliphatic heterocycles. The molecule has 1 saturated heterocycles. The van der Waals surface area contributed by atoms with Crippen molar-refractivity contribution in [1.82, 2.24) is 15.5 Å². The van der Waals surface area contributed by atoms with E-state index < -0.39 is 11.6 Å². The zero-order chi connectivity index (χ0) is 16.8. The Morgan fingerprint density at radius 3 is 2.48 bits per heavy atom. The third-order valence-electron chi connectivity index (χ3n) is 3.79. The highest BCUT2D eigenvalue weighted by atomic mass is 35.5. The lowest BCUT2D eigenvalue weighted by molar-refractivity contribution is -0.130. The number of nitrogens with two attached hydrogens (primary N) is 1. The van der Waals surface area contributed by atoms with E-state index >= 15 is 0 Å². The van der Waals surface area contributed by atoms with E-state index in [4.69, 9.17) is 5.73 Å². The summed E-state index contributed by atoms with van der Waals surface area (Å²) in [5.41, 5.74) is 4.78. The molecule has 0 aromatic rings. The first-order chi connectivity index (χ1) is 10.3. The van der Waals surface area contributed by atoms with Crippen molar-refractivity contribution in [2.24, 2.45) is 5.73 Å². The number of nitrogens with zero attached hydrogens (tertiary/aromatic N) is 1. The number of hydrogen-bond donors (Lipinski definition) is 3. The number of hydrogen-bond acceptors (Lipinski definition) is 4. The first kappa shape index (κ1) is 21.7. The molecule has 1 heterocycles. The van der Waals surface area contributed by atoms with E-state index in [-0.39, 0.29) is 43.2 Å². The fourth-order valence-electron chi connectivity index (χ4n) is 2.42. The molecule has 0 radical (unpaired) electrons. The van der Waals surface area contributed by atoms with Crippen molar-refractivity contribution in [3.05, 3.63) is 0 Å². The third-order valence-corrected chi connectivity index (χ3v) is 3.79. The van der Waals surface area contributed by atoms with Gasteiger partial charge in [0, 0.05) is 25.6 Å². The molecule has 0 aromatic heterocycles.